The molecule has 0 spiro atoms. The fourth-order valence-electron chi connectivity index (χ4n) is 3.71. The molecule has 0 unspecified atom stereocenters. The second kappa shape index (κ2) is 67.0. The lowest BCUT2D eigenvalue weighted by Crippen LogP contribution is -1.69. The highest BCUT2D eigenvalue weighted by molar-refractivity contribution is 7.07. The van der Waals surface area contributed by atoms with Crippen molar-refractivity contribution in [3.05, 3.63) is 301 Å². The summed E-state index contributed by atoms with van der Waals surface area (Å²) in [4.78, 5) is 46.1. The molecule has 0 aliphatic carbocycles. The molecule has 84 heavy (non-hydrogen) atoms. The summed E-state index contributed by atoms with van der Waals surface area (Å²) in [5, 5.41) is 36.9. The molecule has 0 fully saturated rings. The lowest BCUT2D eigenvalue weighted by molar-refractivity contribution is 0.557. The van der Waals surface area contributed by atoms with Crippen molar-refractivity contribution < 1.29 is 17.7 Å². The van der Waals surface area contributed by atoms with Gasteiger partial charge in [-0.05, 0) is 82.7 Å². The summed E-state index contributed by atoms with van der Waals surface area (Å²) in [6.07, 6.45) is 60.7. The molecule has 0 atom stereocenters. The van der Waals surface area contributed by atoms with E-state index < -0.39 is 0 Å². The highest BCUT2D eigenvalue weighted by Crippen LogP contribution is 1.91. The maximum Gasteiger partial charge on any atom is 0.180 e. The van der Waals surface area contributed by atoms with Crippen molar-refractivity contribution in [3.63, 3.8) is 0 Å². The van der Waals surface area contributed by atoms with E-state index in [1.807, 2.05) is 126 Å². The van der Waals surface area contributed by atoms with Crippen molar-refractivity contribution in [2.45, 2.75) is 6.42 Å². The first-order valence-electron chi connectivity index (χ1n) is 24.3. The quantitative estimate of drug-likeness (QED) is 0.110. The number of H-pyrrole nitrogens is 4. The molecule has 0 amide bonds. The van der Waals surface area contributed by atoms with E-state index in [0.29, 0.717) is 6.54 Å². The number of oxazole rings is 3. The van der Waals surface area contributed by atoms with Crippen molar-refractivity contribution in [1.82, 2.24) is 85.6 Å². The van der Waals surface area contributed by atoms with E-state index in [-0.39, 0.29) is 0 Å². The molecular formula is C56H63N23O4S. The van der Waals surface area contributed by atoms with Gasteiger partial charge < -0.3 is 27.6 Å². The van der Waals surface area contributed by atoms with E-state index in [1.165, 1.54) is 38.0 Å². The molecule has 0 aromatic carbocycles. The maximum atomic E-state index is 4.58. The Morgan fingerprint density at radius 3 is 1.12 bits per heavy atom. The van der Waals surface area contributed by atoms with E-state index >= 15 is 0 Å². The number of allylic oxidation sites excluding steroid dienone is 1. The van der Waals surface area contributed by atoms with Crippen molar-refractivity contribution >= 4 is 36.3 Å². The molecule has 4 N–H and O–H groups in total. The molecule has 432 valence electrons. The Bertz CT molecular complexity index is 2230. The van der Waals surface area contributed by atoms with Crippen LogP contribution in [0.3, 0.4) is 0 Å². The Kier molecular flexibility index (Phi) is 55.8. The SMILES string of the molecule is C1=CN=CC1.C1=NC=NC1.C1=NN=NC1.c1c[nH]cn1.c1cc[nH]c1.c1ccncc1.c1ccncc1.c1ccnnc1.c1ccoc1.c1ccsc1.c1cn[nH]c1.c1cn[nH]n1.c1cnccn1.c1cocn1.c1cocn1.c1cocn1. The summed E-state index contributed by atoms with van der Waals surface area (Å²) in [6.45, 7) is 1.44. The Morgan fingerprint density at radius 2 is 0.964 bits per heavy atom. The molecule has 3 aliphatic rings. The van der Waals surface area contributed by atoms with Gasteiger partial charge in [0.05, 0.1) is 69.1 Å². The molecule has 27 nitrogen and oxygen atoms in total. The molecule has 13 aromatic heterocycles. The zero-order chi connectivity index (χ0) is 59.4. The third-order valence-corrected chi connectivity index (χ3v) is 7.59. The van der Waals surface area contributed by atoms with Gasteiger partial charge >= 0.3 is 0 Å². The molecule has 0 radical (unpaired) electrons. The molecular weight excluding hydrogens is 1090 g/mol. The number of aliphatic imine (C=N–C) groups is 3. The van der Waals surface area contributed by atoms with Gasteiger partial charge in [0.15, 0.2) is 19.2 Å². The second-order valence-corrected chi connectivity index (χ2v) is 13.8. The van der Waals surface area contributed by atoms with Gasteiger partial charge in [-0.2, -0.15) is 47.2 Å². The van der Waals surface area contributed by atoms with E-state index in [4.69, 9.17) is 0 Å². The highest BCUT2D eigenvalue weighted by atomic mass is 32.1. The van der Waals surface area contributed by atoms with Gasteiger partial charge in [0.25, 0.3) is 0 Å². The predicted molar refractivity (Wildman–Crippen MR) is 322 cm³/mol. The Labute approximate surface area is 488 Å². The van der Waals surface area contributed by atoms with Crippen LogP contribution in [0.15, 0.2) is 349 Å². The van der Waals surface area contributed by atoms with Crippen molar-refractivity contribution in [3.8, 4) is 0 Å². The molecule has 0 bridgehead atoms. The number of furan rings is 1. The Balaban J connectivity index is 0.000000448. The number of nitrogens with one attached hydrogen (secondary N) is 4. The minimum absolute atomic E-state index is 0.667. The van der Waals surface area contributed by atoms with Crippen LogP contribution in [-0.2, 0) is 0 Å². The molecule has 28 heteroatoms. The molecule has 0 saturated carbocycles. The van der Waals surface area contributed by atoms with Crippen molar-refractivity contribution in [2.24, 2.45) is 30.4 Å². The number of aromatic nitrogens is 17. The number of rotatable bonds is 0. The first-order chi connectivity index (χ1) is 42.0. The smallest absolute Gasteiger partial charge is 0.180 e. The van der Waals surface area contributed by atoms with Crippen LogP contribution in [0.2, 0.25) is 0 Å². The molecule has 3 aliphatic heterocycles. The zero-order valence-electron chi connectivity index (χ0n) is 45.3. The van der Waals surface area contributed by atoms with E-state index in [9.17, 15) is 0 Å². The molecule has 16 rings (SSSR count). The van der Waals surface area contributed by atoms with Crippen LogP contribution in [0.4, 0.5) is 0 Å². The summed E-state index contributed by atoms with van der Waals surface area (Å²) >= 11 is 1.71. The van der Waals surface area contributed by atoms with E-state index in [0.717, 1.165) is 13.0 Å². The number of aromatic amines is 4. The van der Waals surface area contributed by atoms with Gasteiger partial charge in [0.1, 0.15) is 25.1 Å². The number of hydrogen-bond donors (Lipinski definition) is 4. The van der Waals surface area contributed by atoms with Crippen LogP contribution in [0, 0.1) is 0 Å². The van der Waals surface area contributed by atoms with Gasteiger partial charge in [-0.25, -0.2) is 24.9 Å². The first kappa shape index (κ1) is 69.9. The predicted octanol–water partition coefficient (Wildman–Crippen LogP) is 11.3. The standard InChI is InChI=1S/2C5H5N.2C4H4N2.2C4H5N.C4H4O.C4H4S.3C3H4N2.3C3H3NO.2C2H3N3/c2*1-2-4-6-5-3-1;1-2-6-4-3-5-1;1-2-4-6-5-3-1;4*1-2-4-5-3-1;2*1-2-5-3-4-1;1-2-4-5-3-1;3*1-2-5-3-4-1;2*1-2-4-5-3-1/h2*1-5H;2*1-4H;1,3-4H,2H2;1-5H;2*1-4H;1,3H,2H2;2*1-3H,(H,4,5);3*1-3H;1H,2H2;1-2H,(H,3,4,5). The molecule has 13 aromatic rings. The fraction of sp³-hybridized carbons (Fsp3) is 0.0536. The average molecular weight is 1150 g/mol. The van der Waals surface area contributed by atoms with Gasteiger partial charge in [-0.15, -0.1) is 5.10 Å². The number of thiophene rings is 1. The third kappa shape index (κ3) is 64.2. The number of pyridine rings is 2. The van der Waals surface area contributed by atoms with Crippen LogP contribution in [0.5, 0.6) is 0 Å². The van der Waals surface area contributed by atoms with Crippen LogP contribution >= 0.6 is 11.3 Å². The lowest BCUT2D eigenvalue weighted by atomic mass is 10.5. The summed E-state index contributed by atoms with van der Waals surface area (Å²) in [5.74, 6) is 0. The normalized spacial score (nSPS) is 9.71. The number of nitrogens with zero attached hydrogens (tertiary/aromatic N) is 19. The summed E-state index contributed by atoms with van der Waals surface area (Å²) in [7, 11) is 0. The van der Waals surface area contributed by atoms with Gasteiger partial charge in [0, 0.05) is 124 Å². The highest BCUT2D eigenvalue weighted by Gasteiger charge is 1.76. The fourth-order valence-corrected chi connectivity index (χ4v) is 4.16. The van der Waals surface area contributed by atoms with E-state index in [2.05, 4.69) is 134 Å². The number of imidazole rings is 1. The minimum atomic E-state index is 0.667. The Hall–Kier alpha value is -12.1. The van der Waals surface area contributed by atoms with Gasteiger partial charge in [-0.1, -0.05) is 30.3 Å². The minimum Gasteiger partial charge on any atom is -0.473 e. The van der Waals surface area contributed by atoms with Crippen LogP contribution in [0.25, 0.3) is 0 Å². The van der Waals surface area contributed by atoms with Gasteiger partial charge in [-0.3, -0.25) is 35.0 Å². The van der Waals surface area contributed by atoms with E-state index in [1.54, 1.807) is 173 Å². The van der Waals surface area contributed by atoms with Gasteiger partial charge in [0.2, 0.25) is 0 Å². The first-order valence-corrected chi connectivity index (χ1v) is 25.3. The van der Waals surface area contributed by atoms with Crippen LogP contribution in [0.1, 0.15) is 6.42 Å². The average Bonchev–Trinajstić information content (AvgIpc) is 4.42. The monoisotopic (exact) mass is 1150 g/mol. The Morgan fingerprint density at radius 1 is 0.381 bits per heavy atom. The summed E-state index contributed by atoms with van der Waals surface area (Å²) in [6, 6.07) is 28.5. The topological polar surface area (TPSA) is 357 Å². The molecule has 0 saturated heterocycles. The van der Waals surface area contributed by atoms with Crippen LogP contribution in [-0.4, -0.2) is 124 Å². The third-order valence-electron chi connectivity index (χ3n) is 6.96. The summed E-state index contributed by atoms with van der Waals surface area (Å²) in [5.41, 5.74) is 0. The molecule has 16 heterocycles. The second-order valence-electron chi connectivity index (χ2n) is 13.0. The lowest BCUT2D eigenvalue weighted by Gasteiger charge is -1.70. The zero-order valence-corrected chi connectivity index (χ0v) is 46.1. The largest absolute Gasteiger partial charge is 0.473 e. The maximum absolute atomic E-state index is 4.58. The van der Waals surface area contributed by atoms with Crippen molar-refractivity contribution in [2.75, 3.05) is 13.1 Å². The summed E-state index contributed by atoms with van der Waals surface area (Å²) < 4.78 is 18.0. The van der Waals surface area contributed by atoms with Crippen LogP contribution < -0.4 is 0 Å². The number of hydrogen-bond acceptors (Lipinski definition) is 24. The van der Waals surface area contributed by atoms with Crippen molar-refractivity contribution in [1.29, 1.82) is 0 Å².